The predicted molar refractivity (Wildman–Crippen MR) is 132 cm³/mol. The van der Waals surface area contributed by atoms with Crippen molar-refractivity contribution >= 4 is 28.1 Å². The molecule has 10 heteroatoms. The number of hydrogen-bond acceptors (Lipinski definition) is 8. The maximum atomic E-state index is 13.5. The Kier molecular flexibility index (Phi) is 5.77. The fourth-order valence-electron chi connectivity index (χ4n) is 4.28. The number of aryl methyl sites for hydroxylation is 1. The fraction of sp³-hybridized carbons (Fsp3) is 0.154. The van der Waals surface area contributed by atoms with E-state index >= 15 is 0 Å². The van der Waals surface area contributed by atoms with Gasteiger partial charge in [0.1, 0.15) is 11.3 Å². The van der Waals surface area contributed by atoms with Crippen LogP contribution in [0.5, 0.6) is 17.2 Å². The Morgan fingerprint density at radius 2 is 1.83 bits per heavy atom. The van der Waals surface area contributed by atoms with Crippen LogP contribution in [0.3, 0.4) is 0 Å². The van der Waals surface area contributed by atoms with Crippen molar-refractivity contribution in [2.24, 2.45) is 7.05 Å². The average molecular weight is 487 g/mol. The van der Waals surface area contributed by atoms with E-state index in [0.29, 0.717) is 33.7 Å². The second kappa shape index (κ2) is 9.06. The number of rotatable bonds is 7. The van der Waals surface area contributed by atoms with Crippen LogP contribution in [0, 0.1) is 10.1 Å². The number of Topliss-reactive ketones (excluding diaryl/α,β-unsaturated/α-hetero) is 1. The molecule has 0 bridgehead atoms. The second-order valence-corrected chi connectivity index (χ2v) is 8.35. The average Bonchev–Trinajstić information content (AvgIpc) is 3.35. The molecule has 1 aliphatic rings. The topological polar surface area (TPSA) is 133 Å². The third-order valence-corrected chi connectivity index (χ3v) is 6.16. The third kappa shape index (κ3) is 4.09. The molecule has 3 aromatic carbocycles. The lowest BCUT2D eigenvalue weighted by Crippen LogP contribution is -2.26. The van der Waals surface area contributed by atoms with Crippen molar-refractivity contribution in [1.82, 2.24) is 4.57 Å². The molecule has 1 atom stereocenters. The number of nitrogens with zero attached hydrogens (tertiary/aromatic N) is 2. The minimum Gasteiger partial charge on any atom is -0.506 e. The summed E-state index contributed by atoms with van der Waals surface area (Å²) in [5.41, 5.74) is 0.742. The highest BCUT2D eigenvalue weighted by atomic mass is 16.7. The molecule has 10 nitrogen and oxygen atoms in total. The molecule has 0 unspecified atom stereocenters. The Balaban J connectivity index is 1.53. The summed E-state index contributed by atoms with van der Waals surface area (Å²) >= 11 is 0. The van der Waals surface area contributed by atoms with Crippen LogP contribution in [-0.2, 0) is 7.05 Å². The number of aromatic nitrogens is 1. The normalized spacial score (nSPS) is 12.9. The first kappa shape index (κ1) is 22.9. The van der Waals surface area contributed by atoms with E-state index in [9.17, 15) is 24.8 Å². The summed E-state index contributed by atoms with van der Waals surface area (Å²) < 4.78 is 12.2. The number of carbonyl (C=O) groups is 1. The maximum absolute atomic E-state index is 13.5. The second-order valence-electron chi connectivity index (χ2n) is 8.35. The van der Waals surface area contributed by atoms with Crippen LogP contribution in [0.1, 0.15) is 28.4 Å². The van der Waals surface area contributed by atoms with Crippen molar-refractivity contribution in [2.75, 3.05) is 12.1 Å². The van der Waals surface area contributed by atoms with Crippen LogP contribution in [0.2, 0.25) is 0 Å². The van der Waals surface area contributed by atoms with Gasteiger partial charge in [-0.15, -0.1) is 0 Å². The molecule has 0 saturated carbocycles. The Morgan fingerprint density at radius 3 is 2.58 bits per heavy atom. The Labute approximate surface area is 204 Å². The number of non-ortho nitro benzene ring substituents is 1. The van der Waals surface area contributed by atoms with Gasteiger partial charge in [0.15, 0.2) is 17.3 Å². The number of ketones is 1. The van der Waals surface area contributed by atoms with Gasteiger partial charge in [-0.1, -0.05) is 18.2 Å². The van der Waals surface area contributed by atoms with E-state index in [-0.39, 0.29) is 30.2 Å². The number of anilines is 1. The molecule has 0 radical (unpaired) electrons. The molecule has 5 rings (SSSR count). The number of hydrogen-bond donors (Lipinski definition) is 2. The molecular weight excluding hydrogens is 466 g/mol. The van der Waals surface area contributed by atoms with E-state index in [1.54, 1.807) is 49.5 Å². The lowest BCUT2D eigenvalue weighted by molar-refractivity contribution is -0.384. The molecule has 0 fully saturated rings. The summed E-state index contributed by atoms with van der Waals surface area (Å²) in [5.74, 6) is 0.162. The summed E-state index contributed by atoms with van der Waals surface area (Å²) in [6.45, 7) is 0.0825. The lowest BCUT2D eigenvalue weighted by atomic mass is 9.96. The minimum atomic E-state index is -0.649. The van der Waals surface area contributed by atoms with Crippen molar-refractivity contribution in [3.63, 3.8) is 0 Å². The van der Waals surface area contributed by atoms with Gasteiger partial charge in [0.05, 0.1) is 16.5 Å². The SMILES string of the molecule is Cn1c(=O)c(C(=O)C[C@H](Nc2ccc([N+](=O)[O-])cc2)c2ccc3c(c2)OCO3)c(O)c2ccccc21. The van der Waals surface area contributed by atoms with Gasteiger partial charge in [-0.3, -0.25) is 19.7 Å². The molecule has 182 valence electrons. The molecule has 0 saturated heterocycles. The van der Waals surface area contributed by atoms with Crippen LogP contribution in [0.25, 0.3) is 10.9 Å². The highest BCUT2D eigenvalue weighted by molar-refractivity contribution is 6.03. The number of para-hydroxylation sites is 1. The van der Waals surface area contributed by atoms with Gasteiger partial charge in [-0.05, 0) is 42.0 Å². The zero-order valence-corrected chi connectivity index (χ0v) is 19.1. The first-order valence-electron chi connectivity index (χ1n) is 11.1. The van der Waals surface area contributed by atoms with E-state index < -0.39 is 22.3 Å². The van der Waals surface area contributed by atoms with Crippen molar-refractivity contribution in [3.8, 4) is 17.2 Å². The number of pyridine rings is 1. The molecular formula is C26H21N3O7. The van der Waals surface area contributed by atoms with Crippen molar-refractivity contribution < 1.29 is 24.3 Å². The smallest absolute Gasteiger partial charge is 0.269 e. The molecule has 1 aromatic heterocycles. The predicted octanol–water partition coefficient (Wildman–Crippen LogP) is 4.31. The molecule has 36 heavy (non-hydrogen) atoms. The lowest BCUT2D eigenvalue weighted by Gasteiger charge is -2.21. The van der Waals surface area contributed by atoms with E-state index in [4.69, 9.17) is 9.47 Å². The number of benzene rings is 3. The zero-order chi connectivity index (χ0) is 25.4. The standard InChI is InChI=1S/C26H21N3O7/c1-28-20-5-3-2-4-18(20)25(31)24(26(28)32)21(30)13-19(15-6-11-22-23(12-15)36-14-35-22)27-16-7-9-17(10-8-16)29(33)34/h2-12,19,27,31H,13-14H2,1H3/t19-/m0/s1. The summed E-state index contributed by atoms with van der Waals surface area (Å²) in [4.78, 5) is 37.0. The first-order valence-corrected chi connectivity index (χ1v) is 11.1. The van der Waals surface area contributed by atoms with Crippen molar-refractivity contribution in [2.45, 2.75) is 12.5 Å². The number of nitrogens with one attached hydrogen (secondary N) is 1. The van der Waals surface area contributed by atoms with Crippen LogP contribution in [0.4, 0.5) is 11.4 Å². The fourth-order valence-corrected chi connectivity index (χ4v) is 4.28. The number of nitro groups is 1. The number of aromatic hydroxyl groups is 1. The van der Waals surface area contributed by atoms with Crippen molar-refractivity contribution in [3.05, 3.63) is 98.3 Å². The Hall–Kier alpha value is -4.86. The van der Waals surface area contributed by atoms with E-state index in [1.807, 2.05) is 0 Å². The summed E-state index contributed by atoms with van der Waals surface area (Å²) in [6, 6.07) is 17.1. The number of carbonyl (C=O) groups excluding carboxylic acids is 1. The molecule has 0 aliphatic carbocycles. The quantitative estimate of drug-likeness (QED) is 0.224. The number of nitro benzene ring substituents is 1. The van der Waals surface area contributed by atoms with Crippen molar-refractivity contribution in [1.29, 1.82) is 0 Å². The Bertz CT molecular complexity index is 1560. The van der Waals surface area contributed by atoms with Gasteiger partial charge in [0.2, 0.25) is 6.79 Å². The van der Waals surface area contributed by atoms with Gasteiger partial charge < -0.3 is 24.5 Å². The van der Waals surface area contributed by atoms with Crippen LogP contribution in [-0.4, -0.2) is 27.2 Å². The van der Waals surface area contributed by atoms with E-state index in [0.717, 1.165) is 0 Å². The van der Waals surface area contributed by atoms with Gasteiger partial charge in [0.25, 0.3) is 11.2 Å². The van der Waals surface area contributed by atoms with Crippen LogP contribution in [0.15, 0.2) is 71.5 Å². The summed E-state index contributed by atoms with van der Waals surface area (Å²) in [7, 11) is 1.55. The minimum absolute atomic E-state index is 0.0687. The zero-order valence-electron chi connectivity index (χ0n) is 19.1. The molecule has 1 aliphatic heterocycles. The summed E-state index contributed by atoms with van der Waals surface area (Å²) in [6.07, 6.45) is -0.183. The highest BCUT2D eigenvalue weighted by Gasteiger charge is 2.26. The highest BCUT2D eigenvalue weighted by Crippen LogP contribution is 2.37. The molecule has 2 N–H and O–H groups in total. The largest absolute Gasteiger partial charge is 0.506 e. The van der Waals surface area contributed by atoms with Gasteiger partial charge in [-0.2, -0.15) is 0 Å². The van der Waals surface area contributed by atoms with Gasteiger partial charge in [-0.25, -0.2) is 0 Å². The molecule has 4 aromatic rings. The van der Waals surface area contributed by atoms with Gasteiger partial charge in [0, 0.05) is 36.7 Å². The van der Waals surface area contributed by atoms with E-state index in [2.05, 4.69) is 5.32 Å². The van der Waals surface area contributed by atoms with Gasteiger partial charge >= 0.3 is 0 Å². The maximum Gasteiger partial charge on any atom is 0.269 e. The monoisotopic (exact) mass is 487 g/mol. The van der Waals surface area contributed by atoms with E-state index in [1.165, 1.54) is 28.8 Å². The first-order chi connectivity index (χ1) is 17.3. The Morgan fingerprint density at radius 1 is 1.11 bits per heavy atom. The molecule has 0 amide bonds. The molecule has 0 spiro atoms. The number of fused-ring (bicyclic) bond motifs is 2. The molecule has 2 heterocycles. The van der Waals surface area contributed by atoms with Crippen LogP contribution >= 0.6 is 0 Å². The third-order valence-electron chi connectivity index (χ3n) is 6.16. The number of ether oxygens (including phenoxy) is 2. The summed E-state index contributed by atoms with van der Waals surface area (Å²) in [5, 5.41) is 25.5. The van der Waals surface area contributed by atoms with Crippen LogP contribution < -0.4 is 20.3 Å².